The highest BCUT2D eigenvalue weighted by molar-refractivity contribution is 7.13. The number of hydrogen-bond donors (Lipinski definition) is 1. The van der Waals surface area contributed by atoms with Gasteiger partial charge in [-0.1, -0.05) is 0 Å². The van der Waals surface area contributed by atoms with Crippen LogP contribution in [0.25, 0.3) is 0 Å². The van der Waals surface area contributed by atoms with Crippen molar-refractivity contribution in [2.24, 2.45) is 0 Å². The maximum atomic E-state index is 12.8. The lowest BCUT2D eigenvalue weighted by atomic mass is 10.0. The first-order valence-corrected chi connectivity index (χ1v) is 8.34. The maximum Gasteiger partial charge on any atom is 0.266 e. The van der Waals surface area contributed by atoms with Crippen LogP contribution in [0.3, 0.4) is 0 Å². The minimum atomic E-state index is -0.669. The number of furan rings is 1. The number of nitrogens with zero attached hydrogens (tertiary/aromatic N) is 2. The summed E-state index contributed by atoms with van der Waals surface area (Å²) in [5.74, 6) is 0.598. The topological polar surface area (TPSA) is 66.6 Å². The number of carbonyl (C=O) groups excluding carboxylic acids is 1. The molecule has 2 aromatic heterocycles. The molecule has 3 rings (SSSR count). The summed E-state index contributed by atoms with van der Waals surface area (Å²) in [5, 5.41) is 11.2. The van der Waals surface area contributed by atoms with Crippen molar-refractivity contribution in [1.82, 2.24) is 9.88 Å². The second-order valence-corrected chi connectivity index (χ2v) is 6.91. The third kappa shape index (κ3) is 2.94. The normalized spacial score (nSPS) is 19.6. The van der Waals surface area contributed by atoms with Crippen LogP contribution in [0.5, 0.6) is 0 Å². The first-order chi connectivity index (χ1) is 10.6. The van der Waals surface area contributed by atoms with Gasteiger partial charge < -0.3 is 14.4 Å². The lowest BCUT2D eigenvalue weighted by Gasteiger charge is -2.25. The molecule has 2 atom stereocenters. The van der Waals surface area contributed by atoms with Gasteiger partial charge in [-0.05, 0) is 38.8 Å². The summed E-state index contributed by atoms with van der Waals surface area (Å²) < 4.78 is 5.25. The highest BCUT2D eigenvalue weighted by atomic mass is 32.1. The quantitative estimate of drug-likeness (QED) is 0.940. The Morgan fingerprint density at radius 3 is 3.05 bits per heavy atom. The lowest BCUT2D eigenvalue weighted by Crippen LogP contribution is -2.36. The molecule has 1 N–H and O–H groups in total. The van der Waals surface area contributed by atoms with Crippen molar-refractivity contribution >= 4 is 17.2 Å². The number of carbonyl (C=O) groups is 1. The molecule has 1 fully saturated rings. The Hall–Kier alpha value is -1.66. The number of rotatable bonds is 4. The van der Waals surface area contributed by atoms with Gasteiger partial charge in [-0.25, -0.2) is 4.98 Å². The smallest absolute Gasteiger partial charge is 0.266 e. The van der Waals surface area contributed by atoms with Crippen molar-refractivity contribution in [2.75, 3.05) is 6.54 Å². The van der Waals surface area contributed by atoms with Crippen molar-refractivity contribution < 1.29 is 14.3 Å². The Kier molecular flexibility index (Phi) is 4.31. The summed E-state index contributed by atoms with van der Waals surface area (Å²) >= 11 is 1.44. The fourth-order valence-electron chi connectivity index (χ4n) is 3.06. The zero-order chi connectivity index (χ0) is 15.7. The van der Waals surface area contributed by atoms with E-state index in [-0.39, 0.29) is 11.9 Å². The molecule has 0 aliphatic carbocycles. The van der Waals surface area contributed by atoms with E-state index in [0.29, 0.717) is 12.2 Å². The van der Waals surface area contributed by atoms with Crippen LogP contribution in [-0.2, 0) is 0 Å². The fourth-order valence-corrected chi connectivity index (χ4v) is 3.94. The molecule has 0 aromatic carbocycles. The molecule has 0 spiro atoms. The average molecular weight is 320 g/mol. The van der Waals surface area contributed by atoms with E-state index in [4.69, 9.17) is 4.42 Å². The molecule has 1 aliphatic rings. The molecule has 0 radical (unpaired) electrons. The number of thiazole rings is 1. The van der Waals surface area contributed by atoms with Crippen LogP contribution in [0.4, 0.5) is 0 Å². The van der Waals surface area contributed by atoms with Crippen LogP contribution in [0, 0.1) is 13.8 Å². The third-order valence-electron chi connectivity index (χ3n) is 4.10. The van der Waals surface area contributed by atoms with E-state index < -0.39 is 6.10 Å². The Balaban J connectivity index is 1.73. The summed E-state index contributed by atoms with van der Waals surface area (Å²) in [5.41, 5.74) is 0.796. The van der Waals surface area contributed by atoms with Crippen LogP contribution >= 0.6 is 11.3 Å². The summed E-state index contributed by atoms with van der Waals surface area (Å²) in [7, 11) is 0. The van der Waals surface area contributed by atoms with E-state index >= 15 is 0 Å². The van der Waals surface area contributed by atoms with Crippen LogP contribution in [0.15, 0.2) is 22.8 Å². The van der Waals surface area contributed by atoms with Gasteiger partial charge >= 0.3 is 0 Å². The van der Waals surface area contributed by atoms with Gasteiger partial charge in [0.15, 0.2) is 0 Å². The van der Waals surface area contributed by atoms with Crippen LogP contribution in [0.2, 0.25) is 0 Å². The molecule has 5 nitrogen and oxygen atoms in total. The van der Waals surface area contributed by atoms with Gasteiger partial charge in [-0.2, -0.15) is 0 Å². The monoisotopic (exact) mass is 320 g/mol. The van der Waals surface area contributed by atoms with Crippen molar-refractivity contribution in [3.05, 3.63) is 39.7 Å². The van der Waals surface area contributed by atoms with E-state index in [1.807, 2.05) is 18.7 Å². The molecule has 0 bridgehead atoms. The summed E-state index contributed by atoms with van der Waals surface area (Å²) in [6.45, 7) is 4.53. The van der Waals surface area contributed by atoms with Crippen LogP contribution < -0.4 is 0 Å². The van der Waals surface area contributed by atoms with Gasteiger partial charge in [-0.15, -0.1) is 11.3 Å². The Morgan fingerprint density at radius 1 is 1.59 bits per heavy atom. The van der Waals surface area contributed by atoms with Gasteiger partial charge in [0.2, 0.25) is 0 Å². The third-order valence-corrected chi connectivity index (χ3v) is 5.16. The van der Waals surface area contributed by atoms with E-state index in [0.717, 1.165) is 35.0 Å². The number of aliphatic hydroxyl groups is 1. The minimum absolute atomic E-state index is 0.0391. The van der Waals surface area contributed by atoms with Crippen LogP contribution in [-0.4, -0.2) is 33.5 Å². The molecule has 1 aliphatic heterocycles. The Morgan fingerprint density at radius 2 is 2.41 bits per heavy atom. The van der Waals surface area contributed by atoms with Gasteiger partial charge in [0, 0.05) is 19.0 Å². The summed E-state index contributed by atoms with van der Waals surface area (Å²) in [6, 6.07) is 3.58. The molecule has 1 saturated heterocycles. The lowest BCUT2D eigenvalue weighted by molar-refractivity contribution is 0.0645. The Bertz CT molecular complexity index is 650. The number of aryl methyl sites for hydroxylation is 2. The average Bonchev–Trinajstić information content (AvgIpc) is 3.19. The van der Waals surface area contributed by atoms with Gasteiger partial charge in [0.25, 0.3) is 5.91 Å². The minimum Gasteiger partial charge on any atom is -0.467 e. The molecule has 0 saturated carbocycles. The number of hydrogen-bond acceptors (Lipinski definition) is 5. The molecule has 22 heavy (non-hydrogen) atoms. The highest BCUT2D eigenvalue weighted by Crippen LogP contribution is 2.30. The molecule has 3 heterocycles. The molecule has 118 valence electrons. The predicted molar refractivity (Wildman–Crippen MR) is 83.9 cm³/mol. The van der Waals surface area contributed by atoms with E-state index in [1.165, 1.54) is 11.3 Å². The molecular formula is C16H20N2O3S. The summed E-state index contributed by atoms with van der Waals surface area (Å²) in [6.07, 6.45) is 3.28. The van der Waals surface area contributed by atoms with Gasteiger partial charge in [0.05, 0.1) is 17.0 Å². The second kappa shape index (κ2) is 6.22. The first kappa shape index (κ1) is 15.2. The molecule has 6 heteroatoms. The van der Waals surface area contributed by atoms with Crippen molar-refractivity contribution in [3.8, 4) is 0 Å². The fraction of sp³-hybridized carbons (Fsp3) is 0.500. The van der Waals surface area contributed by atoms with Crippen LogP contribution in [0.1, 0.15) is 51.5 Å². The van der Waals surface area contributed by atoms with E-state index in [2.05, 4.69) is 4.98 Å². The second-order valence-electron chi connectivity index (χ2n) is 5.71. The number of aromatic nitrogens is 1. The molecular weight excluding hydrogens is 300 g/mol. The SMILES string of the molecule is Cc1nc(C)c(C(=O)N2CCCC2CC(O)c2ccco2)s1. The van der Waals surface area contributed by atoms with E-state index in [1.54, 1.807) is 18.4 Å². The standard InChI is InChI=1S/C16H20N2O3S/c1-10-15(22-11(2)17-10)16(20)18-7-3-5-12(18)9-13(19)14-6-4-8-21-14/h4,6,8,12-13,19H,3,5,7,9H2,1-2H3. The van der Waals surface area contributed by atoms with Crippen molar-refractivity contribution in [1.29, 1.82) is 0 Å². The Labute approximate surface area is 133 Å². The number of amides is 1. The molecule has 2 aromatic rings. The van der Waals surface area contributed by atoms with Crippen molar-refractivity contribution in [2.45, 2.75) is 45.3 Å². The van der Waals surface area contributed by atoms with Gasteiger partial charge in [-0.3, -0.25) is 4.79 Å². The zero-order valence-electron chi connectivity index (χ0n) is 12.8. The highest BCUT2D eigenvalue weighted by Gasteiger charge is 2.33. The van der Waals surface area contributed by atoms with E-state index in [9.17, 15) is 9.90 Å². The first-order valence-electron chi connectivity index (χ1n) is 7.52. The van der Waals surface area contributed by atoms with Crippen molar-refractivity contribution in [3.63, 3.8) is 0 Å². The number of likely N-dealkylation sites (tertiary alicyclic amines) is 1. The number of aliphatic hydroxyl groups excluding tert-OH is 1. The largest absolute Gasteiger partial charge is 0.467 e. The predicted octanol–water partition coefficient (Wildman–Crippen LogP) is 3.08. The van der Waals surface area contributed by atoms with Gasteiger partial charge in [0.1, 0.15) is 16.7 Å². The zero-order valence-corrected chi connectivity index (χ0v) is 13.6. The maximum absolute atomic E-state index is 12.8. The molecule has 1 amide bonds. The molecule has 2 unspecified atom stereocenters. The summed E-state index contributed by atoms with van der Waals surface area (Å²) in [4.78, 5) is 19.7.